The second-order valence-corrected chi connectivity index (χ2v) is 5.84. The molecule has 2 rings (SSSR count). The number of carbonyl (C=O) groups excluding carboxylic acids is 1. The van der Waals surface area contributed by atoms with Crippen LogP contribution in [0.15, 0.2) is 32.8 Å². The summed E-state index contributed by atoms with van der Waals surface area (Å²) in [4.78, 5) is 17.0. The quantitative estimate of drug-likeness (QED) is 0.847. The molecule has 1 amide bonds. The van der Waals surface area contributed by atoms with Gasteiger partial charge in [0.25, 0.3) is 5.91 Å². The highest BCUT2D eigenvalue weighted by atomic mass is 32.2. The molecule has 94 valence electrons. The van der Waals surface area contributed by atoms with Gasteiger partial charge in [-0.25, -0.2) is 4.98 Å². The van der Waals surface area contributed by atoms with Crippen LogP contribution < -0.4 is 11.1 Å². The first-order valence-electron chi connectivity index (χ1n) is 5.31. The molecule has 2 aromatic rings. The van der Waals surface area contributed by atoms with Gasteiger partial charge >= 0.3 is 0 Å². The summed E-state index contributed by atoms with van der Waals surface area (Å²) in [5, 5.41) is 4.60. The number of benzene rings is 1. The normalized spacial score (nSPS) is 10.3. The van der Waals surface area contributed by atoms with Crippen molar-refractivity contribution in [2.45, 2.75) is 16.2 Å². The Hall–Kier alpha value is -1.53. The fourth-order valence-electron chi connectivity index (χ4n) is 1.42. The number of amides is 1. The maximum absolute atomic E-state index is 11.8. The zero-order valence-electron chi connectivity index (χ0n) is 10.1. The van der Waals surface area contributed by atoms with Gasteiger partial charge < -0.3 is 11.1 Å². The summed E-state index contributed by atoms with van der Waals surface area (Å²) in [6, 6.07) is 5.25. The van der Waals surface area contributed by atoms with E-state index in [1.807, 2.05) is 12.3 Å². The molecule has 0 bridgehead atoms. The maximum atomic E-state index is 11.8. The van der Waals surface area contributed by atoms with E-state index in [2.05, 4.69) is 10.3 Å². The van der Waals surface area contributed by atoms with Crippen molar-refractivity contribution in [3.63, 3.8) is 0 Å². The van der Waals surface area contributed by atoms with Gasteiger partial charge in [-0.3, -0.25) is 4.79 Å². The van der Waals surface area contributed by atoms with Gasteiger partial charge in [-0.1, -0.05) is 11.8 Å². The fraction of sp³-hybridized carbons (Fsp3) is 0.167. The van der Waals surface area contributed by atoms with Crippen LogP contribution in [0.3, 0.4) is 0 Å². The molecule has 0 aliphatic carbocycles. The number of hydrogen-bond acceptors (Lipinski definition) is 5. The van der Waals surface area contributed by atoms with Crippen molar-refractivity contribution < 1.29 is 4.79 Å². The van der Waals surface area contributed by atoms with E-state index in [9.17, 15) is 4.79 Å². The molecule has 0 aliphatic heterocycles. The molecular formula is C12H13N3OS2. The Bertz CT molecular complexity index is 580. The van der Waals surface area contributed by atoms with Crippen molar-refractivity contribution in [2.75, 3.05) is 12.8 Å². The van der Waals surface area contributed by atoms with E-state index in [0.717, 1.165) is 14.9 Å². The summed E-state index contributed by atoms with van der Waals surface area (Å²) in [5.74, 6) is -0.120. The maximum Gasteiger partial charge on any atom is 0.252 e. The number of nitrogens with one attached hydrogen (secondary N) is 1. The summed E-state index contributed by atoms with van der Waals surface area (Å²) < 4.78 is 0.906. The highest BCUT2D eigenvalue weighted by Crippen LogP contribution is 2.33. The summed E-state index contributed by atoms with van der Waals surface area (Å²) in [6.07, 6.45) is 0. The number of rotatable bonds is 3. The summed E-state index contributed by atoms with van der Waals surface area (Å²) >= 11 is 3.02. The van der Waals surface area contributed by atoms with Crippen LogP contribution in [0.5, 0.6) is 0 Å². The van der Waals surface area contributed by atoms with E-state index < -0.39 is 0 Å². The highest BCUT2D eigenvalue weighted by molar-refractivity contribution is 8.01. The molecule has 1 aromatic carbocycles. The predicted molar refractivity (Wildman–Crippen MR) is 75.2 cm³/mol. The smallest absolute Gasteiger partial charge is 0.252 e. The molecule has 1 heterocycles. The third kappa shape index (κ3) is 2.83. The second-order valence-electron chi connectivity index (χ2n) is 3.69. The summed E-state index contributed by atoms with van der Waals surface area (Å²) in [7, 11) is 1.61. The lowest BCUT2D eigenvalue weighted by Gasteiger charge is -2.07. The monoisotopic (exact) mass is 279 g/mol. The largest absolute Gasteiger partial charge is 0.399 e. The minimum atomic E-state index is -0.120. The number of nitrogens with two attached hydrogens (primary N) is 1. The van der Waals surface area contributed by atoms with Gasteiger partial charge in [0.15, 0.2) is 4.34 Å². The number of carbonyl (C=O) groups is 1. The van der Waals surface area contributed by atoms with Gasteiger partial charge in [0, 0.05) is 28.7 Å². The fourth-order valence-corrected chi connectivity index (χ4v) is 3.39. The van der Waals surface area contributed by atoms with Gasteiger partial charge in [0.1, 0.15) is 0 Å². The van der Waals surface area contributed by atoms with Crippen molar-refractivity contribution in [3.05, 3.63) is 34.8 Å². The average Bonchev–Trinajstić information content (AvgIpc) is 2.74. The molecule has 3 N–H and O–H groups in total. The van der Waals surface area contributed by atoms with Crippen LogP contribution >= 0.6 is 23.1 Å². The number of thiazole rings is 1. The first-order valence-corrected chi connectivity index (χ1v) is 7.01. The zero-order valence-corrected chi connectivity index (χ0v) is 11.7. The third-order valence-electron chi connectivity index (χ3n) is 2.27. The van der Waals surface area contributed by atoms with Crippen LogP contribution in [0.2, 0.25) is 0 Å². The first kappa shape index (κ1) is 12.9. The number of nitrogens with zero attached hydrogens (tertiary/aromatic N) is 1. The van der Waals surface area contributed by atoms with Gasteiger partial charge in [-0.05, 0) is 25.1 Å². The minimum absolute atomic E-state index is 0.120. The van der Waals surface area contributed by atoms with E-state index in [-0.39, 0.29) is 5.91 Å². The lowest BCUT2D eigenvalue weighted by Crippen LogP contribution is -2.18. The SMILES string of the molecule is CNC(=O)c1ccc(N)cc1Sc1nc(C)cs1. The molecule has 0 fully saturated rings. The molecule has 1 aromatic heterocycles. The molecule has 0 saturated carbocycles. The van der Waals surface area contributed by atoms with Crippen LogP contribution in [-0.2, 0) is 0 Å². The van der Waals surface area contributed by atoms with Crippen LogP contribution in [0, 0.1) is 6.92 Å². The van der Waals surface area contributed by atoms with Crippen molar-refractivity contribution in [2.24, 2.45) is 0 Å². The first-order chi connectivity index (χ1) is 8.60. The van der Waals surface area contributed by atoms with Crippen molar-refractivity contribution >= 4 is 34.7 Å². The predicted octanol–water partition coefficient (Wildman–Crippen LogP) is 2.54. The van der Waals surface area contributed by atoms with Crippen LogP contribution in [-0.4, -0.2) is 17.9 Å². The van der Waals surface area contributed by atoms with E-state index in [1.54, 1.807) is 36.6 Å². The lowest BCUT2D eigenvalue weighted by molar-refractivity contribution is 0.0960. The number of aryl methyl sites for hydroxylation is 1. The molecule has 0 atom stereocenters. The van der Waals surface area contributed by atoms with E-state index in [1.165, 1.54) is 11.8 Å². The number of nitrogen functional groups attached to an aromatic ring is 1. The molecular weight excluding hydrogens is 266 g/mol. The Kier molecular flexibility index (Phi) is 3.88. The highest BCUT2D eigenvalue weighted by Gasteiger charge is 2.12. The lowest BCUT2D eigenvalue weighted by atomic mass is 10.2. The number of hydrogen-bond donors (Lipinski definition) is 2. The Morgan fingerprint density at radius 2 is 2.28 bits per heavy atom. The Balaban J connectivity index is 2.36. The van der Waals surface area contributed by atoms with E-state index >= 15 is 0 Å². The van der Waals surface area contributed by atoms with Crippen molar-refractivity contribution in [1.29, 1.82) is 0 Å². The molecule has 0 saturated heterocycles. The van der Waals surface area contributed by atoms with Crippen LogP contribution in [0.4, 0.5) is 5.69 Å². The van der Waals surface area contributed by atoms with E-state index in [4.69, 9.17) is 5.73 Å². The molecule has 4 nitrogen and oxygen atoms in total. The number of aromatic nitrogens is 1. The van der Waals surface area contributed by atoms with Gasteiger partial charge in [0.05, 0.1) is 5.56 Å². The Morgan fingerprint density at radius 3 is 2.89 bits per heavy atom. The molecule has 6 heteroatoms. The average molecular weight is 279 g/mol. The Labute approximate surface area is 114 Å². The summed E-state index contributed by atoms with van der Waals surface area (Å²) in [6.45, 7) is 1.94. The molecule has 0 aliphatic rings. The molecule has 0 unspecified atom stereocenters. The van der Waals surface area contributed by atoms with Crippen molar-refractivity contribution in [3.8, 4) is 0 Å². The molecule has 18 heavy (non-hydrogen) atoms. The third-order valence-corrected chi connectivity index (χ3v) is 4.39. The van der Waals surface area contributed by atoms with Gasteiger partial charge in [-0.15, -0.1) is 11.3 Å². The zero-order chi connectivity index (χ0) is 13.1. The van der Waals surface area contributed by atoms with E-state index in [0.29, 0.717) is 11.3 Å². The minimum Gasteiger partial charge on any atom is -0.399 e. The number of anilines is 1. The van der Waals surface area contributed by atoms with Gasteiger partial charge in [-0.2, -0.15) is 0 Å². The standard InChI is InChI=1S/C12H13N3OS2/c1-7-6-17-12(15-7)18-10-5-8(13)3-4-9(10)11(16)14-2/h3-6H,13H2,1-2H3,(H,14,16). The topological polar surface area (TPSA) is 68.0 Å². The molecule has 0 radical (unpaired) electrons. The Morgan fingerprint density at radius 1 is 1.50 bits per heavy atom. The van der Waals surface area contributed by atoms with Crippen LogP contribution in [0.25, 0.3) is 0 Å². The van der Waals surface area contributed by atoms with Crippen LogP contribution in [0.1, 0.15) is 16.1 Å². The van der Waals surface area contributed by atoms with Gasteiger partial charge in [0.2, 0.25) is 0 Å². The second kappa shape index (κ2) is 5.41. The van der Waals surface area contributed by atoms with Crippen molar-refractivity contribution in [1.82, 2.24) is 10.3 Å². The summed E-state index contributed by atoms with van der Waals surface area (Å²) in [5.41, 5.74) is 8.00. The molecule has 0 spiro atoms.